The molecule has 7 heavy (non-hydrogen) atoms. The Hall–Kier alpha value is 3.72. The Morgan fingerprint density at radius 2 is 1.29 bits per heavy atom. The van der Waals surface area contributed by atoms with E-state index < -0.39 is 7.82 Å². The van der Waals surface area contributed by atoms with Crippen LogP contribution in [-0.4, -0.2) is 4.89 Å². The zero-order chi connectivity index (χ0) is 4.50. The van der Waals surface area contributed by atoms with Crippen LogP contribution in [0.25, 0.3) is 0 Å². The van der Waals surface area contributed by atoms with Crippen molar-refractivity contribution in [1.82, 2.24) is 0 Å². The Morgan fingerprint density at radius 3 is 1.29 bits per heavy atom. The molecule has 0 bridgehead atoms. The first kappa shape index (κ1) is 17.0. The molecule has 0 atom stereocenters. The molecule has 0 aromatic carbocycles. The second-order valence-electron chi connectivity index (χ2n) is 0.469. The summed E-state index contributed by atoms with van der Waals surface area (Å²) in [5.41, 5.74) is 0. The predicted molar refractivity (Wildman–Crippen MR) is 9.83 cm³/mol. The van der Waals surface area contributed by atoms with Gasteiger partial charge in [0.2, 0.25) is 0 Å². The van der Waals surface area contributed by atoms with Gasteiger partial charge in [0.25, 0.3) is 0 Å². The fourth-order valence-electron chi connectivity index (χ4n) is 0. The fraction of sp³-hybridized carbons (Fsp3) is 0. The van der Waals surface area contributed by atoms with Crippen molar-refractivity contribution in [3.63, 3.8) is 0 Å². The molecule has 4 nitrogen and oxygen atoms in total. The van der Waals surface area contributed by atoms with Gasteiger partial charge in [0.15, 0.2) is 0 Å². The molecule has 0 aliphatic rings. The standard InChI is InChI=1S/H3O4P.2Rb/c1-5(2,3)4;;/h(H3,1,2,3,4);;/q;2*+1/p-2. The average molecular weight is 267 g/mol. The summed E-state index contributed by atoms with van der Waals surface area (Å²) in [7, 11) is -5.14. The van der Waals surface area contributed by atoms with E-state index in [0.29, 0.717) is 0 Å². The molecule has 0 saturated heterocycles. The van der Waals surface area contributed by atoms with Gasteiger partial charge in [-0.15, -0.1) is 0 Å². The van der Waals surface area contributed by atoms with E-state index in [1.165, 1.54) is 0 Å². The van der Waals surface area contributed by atoms with E-state index in [0.717, 1.165) is 0 Å². The number of phosphoric acid groups is 1. The largest absolute Gasteiger partial charge is 1.00 e. The zero-order valence-corrected chi connectivity index (χ0v) is 14.8. The van der Waals surface area contributed by atoms with Crippen LogP contribution in [0.4, 0.5) is 0 Å². The molecular weight excluding hydrogens is 266 g/mol. The number of hydrogen-bond acceptors (Lipinski definition) is 3. The molecule has 0 amide bonds. The van der Waals surface area contributed by atoms with E-state index in [-0.39, 0.29) is 116 Å². The van der Waals surface area contributed by atoms with Gasteiger partial charge < -0.3 is 19.2 Å². The van der Waals surface area contributed by atoms with Gasteiger partial charge in [-0.05, 0) is 0 Å². The van der Waals surface area contributed by atoms with Crippen molar-refractivity contribution >= 4 is 7.82 Å². The van der Waals surface area contributed by atoms with Gasteiger partial charge in [0, 0.05) is 0 Å². The minimum Gasteiger partial charge on any atom is -0.790 e. The summed E-state index contributed by atoms with van der Waals surface area (Å²) in [6.07, 6.45) is 0. The maximum Gasteiger partial charge on any atom is 1.00 e. The van der Waals surface area contributed by atoms with Crippen LogP contribution >= 0.6 is 7.82 Å². The van der Waals surface area contributed by atoms with E-state index in [4.69, 9.17) is 19.2 Å². The van der Waals surface area contributed by atoms with Crippen LogP contribution in [0.1, 0.15) is 0 Å². The first-order valence-electron chi connectivity index (χ1n) is 0.748. The molecule has 0 aromatic rings. The summed E-state index contributed by atoms with van der Waals surface area (Å²) in [5.74, 6) is 0. The van der Waals surface area contributed by atoms with Gasteiger partial charge in [0.1, 0.15) is 0 Å². The Kier molecular flexibility index (Phi) is 19.0. The van der Waals surface area contributed by atoms with Crippen LogP contribution in [0.15, 0.2) is 0 Å². The van der Waals surface area contributed by atoms with Crippen LogP contribution in [0.3, 0.4) is 0 Å². The maximum atomic E-state index is 8.66. The first-order chi connectivity index (χ1) is 2.00. The van der Waals surface area contributed by atoms with E-state index >= 15 is 0 Å². The number of hydrogen-bond donors (Lipinski definition) is 1. The van der Waals surface area contributed by atoms with Crippen molar-refractivity contribution < 1.29 is 136 Å². The smallest absolute Gasteiger partial charge is 0.790 e. The van der Waals surface area contributed by atoms with Crippen molar-refractivity contribution in [2.24, 2.45) is 0 Å². The van der Waals surface area contributed by atoms with Crippen molar-refractivity contribution in [2.75, 3.05) is 0 Å². The normalized spacial score (nSPS) is 8.43. The molecule has 0 radical (unpaired) electrons. The van der Waals surface area contributed by atoms with Gasteiger partial charge >= 0.3 is 116 Å². The van der Waals surface area contributed by atoms with Gasteiger partial charge in [-0.2, -0.15) is 0 Å². The summed E-state index contributed by atoms with van der Waals surface area (Å²) >= 11 is 0. The first-order valence-corrected chi connectivity index (χ1v) is 2.24. The van der Waals surface area contributed by atoms with Crippen LogP contribution < -0.4 is 126 Å². The molecule has 7 heteroatoms. The average Bonchev–Trinajstić information content (AvgIpc) is 0.722. The summed E-state index contributed by atoms with van der Waals surface area (Å²) in [5, 5.41) is 0. The SMILES string of the molecule is O=P([O-])([O-])O.[Rb+].[Rb+]. The minimum absolute atomic E-state index is 0. The Morgan fingerprint density at radius 1 is 1.29 bits per heavy atom. The molecule has 0 heterocycles. The van der Waals surface area contributed by atoms with E-state index in [1.54, 1.807) is 0 Å². The van der Waals surface area contributed by atoms with E-state index in [2.05, 4.69) is 0 Å². The Labute approximate surface area is 139 Å². The number of rotatable bonds is 0. The van der Waals surface area contributed by atoms with Crippen LogP contribution in [0, 0.1) is 0 Å². The molecule has 32 valence electrons. The van der Waals surface area contributed by atoms with Crippen molar-refractivity contribution in [2.45, 2.75) is 0 Å². The van der Waals surface area contributed by atoms with Crippen LogP contribution in [-0.2, 0) is 4.57 Å². The third-order valence-corrected chi connectivity index (χ3v) is 0. The monoisotopic (exact) mass is 266 g/mol. The fourth-order valence-corrected chi connectivity index (χ4v) is 0. The molecule has 1 N–H and O–H groups in total. The Bertz CT molecular complexity index is 55.8. The molecule has 0 spiro atoms. The third-order valence-electron chi connectivity index (χ3n) is 0. The van der Waals surface area contributed by atoms with Crippen LogP contribution in [0.5, 0.6) is 0 Å². The quantitative estimate of drug-likeness (QED) is 0.442. The molecule has 0 aromatic heterocycles. The predicted octanol–water partition coefficient (Wildman–Crippen LogP) is -8.18. The summed E-state index contributed by atoms with van der Waals surface area (Å²) in [6, 6.07) is 0. The van der Waals surface area contributed by atoms with Gasteiger partial charge in [0.05, 0.1) is 7.82 Å². The maximum absolute atomic E-state index is 8.66. The molecule has 0 rings (SSSR count). The third kappa shape index (κ3) is 41.9. The topological polar surface area (TPSA) is 83.4 Å². The van der Waals surface area contributed by atoms with Crippen molar-refractivity contribution in [3.8, 4) is 0 Å². The molecule has 0 saturated carbocycles. The Balaban J connectivity index is -0.0000000800. The molecule has 0 fully saturated rings. The molecule has 0 unspecified atom stereocenters. The molecule has 0 aliphatic carbocycles. The van der Waals surface area contributed by atoms with E-state index in [1.807, 2.05) is 0 Å². The summed E-state index contributed by atoms with van der Waals surface area (Å²) < 4.78 is 8.66. The second kappa shape index (κ2) is 7.82. The van der Waals surface area contributed by atoms with Crippen molar-refractivity contribution in [1.29, 1.82) is 0 Å². The summed E-state index contributed by atoms with van der Waals surface area (Å²) in [6.45, 7) is 0. The summed E-state index contributed by atoms with van der Waals surface area (Å²) in [4.78, 5) is 24.3. The van der Waals surface area contributed by atoms with Gasteiger partial charge in [-0.25, -0.2) is 0 Å². The zero-order valence-electron chi connectivity index (χ0n) is 4.12. The van der Waals surface area contributed by atoms with Crippen molar-refractivity contribution in [3.05, 3.63) is 0 Å². The second-order valence-corrected chi connectivity index (χ2v) is 1.41. The van der Waals surface area contributed by atoms with E-state index in [9.17, 15) is 0 Å². The van der Waals surface area contributed by atoms with Crippen LogP contribution in [0.2, 0.25) is 0 Å². The minimum atomic E-state index is -5.14. The van der Waals surface area contributed by atoms with Gasteiger partial charge in [-0.1, -0.05) is 0 Å². The molecule has 0 aliphatic heterocycles. The molecular formula is HO4PRb2. The van der Waals surface area contributed by atoms with Gasteiger partial charge in [-0.3, -0.25) is 0 Å².